The first kappa shape index (κ1) is 14.5. The maximum Gasteiger partial charge on any atom is 0.316 e. The first-order chi connectivity index (χ1) is 10.1. The first-order valence-electron chi connectivity index (χ1n) is 6.35. The first-order valence-corrected chi connectivity index (χ1v) is 6.35. The molecule has 0 unspecified atom stereocenters. The Balaban J connectivity index is 2.07. The van der Waals surface area contributed by atoms with Crippen LogP contribution in [-0.4, -0.2) is 18.2 Å². The molecule has 0 aromatic heterocycles. The number of hydrogen-bond donors (Lipinski definition) is 4. The highest BCUT2D eigenvalue weighted by Crippen LogP contribution is 2.24. The Labute approximate surface area is 122 Å². The Morgan fingerprint density at radius 2 is 2.00 bits per heavy atom. The van der Waals surface area contributed by atoms with Crippen molar-refractivity contribution >= 4 is 17.4 Å². The molecule has 2 amide bonds. The monoisotopic (exact) mass is 287 g/mol. The summed E-state index contributed by atoms with van der Waals surface area (Å²) in [5, 5.41) is 15.5. The summed E-state index contributed by atoms with van der Waals surface area (Å²) in [5.41, 5.74) is 7.18. The van der Waals surface area contributed by atoms with Crippen molar-refractivity contribution in [3.63, 3.8) is 0 Å². The number of methoxy groups -OCH3 is 1. The van der Waals surface area contributed by atoms with E-state index in [2.05, 4.69) is 10.6 Å². The lowest BCUT2D eigenvalue weighted by atomic mass is 10.2. The van der Waals surface area contributed by atoms with Gasteiger partial charge < -0.3 is 26.2 Å². The number of anilines is 2. The number of rotatable bonds is 5. The fourth-order valence-corrected chi connectivity index (χ4v) is 1.88. The molecule has 2 aromatic rings. The summed E-state index contributed by atoms with van der Waals surface area (Å²) in [5.74, 6) is 0.864. The molecule has 0 fully saturated rings. The second-order valence-electron chi connectivity index (χ2n) is 4.42. The fourth-order valence-electron chi connectivity index (χ4n) is 1.88. The molecule has 110 valence electrons. The van der Waals surface area contributed by atoms with Gasteiger partial charge in [0.25, 0.3) is 0 Å². The third-order valence-corrected chi connectivity index (χ3v) is 2.90. The van der Waals surface area contributed by atoms with E-state index in [1.54, 1.807) is 43.5 Å². The van der Waals surface area contributed by atoms with E-state index in [0.29, 0.717) is 23.5 Å². The van der Waals surface area contributed by atoms with Crippen molar-refractivity contribution in [2.45, 2.75) is 6.54 Å². The van der Waals surface area contributed by atoms with Crippen LogP contribution in [-0.2, 0) is 6.54 Å². The lowest BCUT2D eigenvalue weighted by Crippen LogP contribution is -2.19. The van der Waals surface area contributed by atoms with Crippen molar-refractivity contribution in [3.05, 3.63) is 48.0 Å². The molecule has 0 radical (unpaired) electrons. The van der Waals surface area contributed by atoms with E-state index in [1.807, 2.05) is 6.07 Å². The fraction of sp³-hybridized carbons (Fsp3) is 0.133. The number of benzene rings is 2. The van der Waals surface area contributed by atoms with Gasteiger partial charge >= 0.3 is 6.03 Å². The number of nitrogens with one attached hydrogen (secondary N) is 2. The number of hydrogen-bond acceptors (Lipinski definition) is 4. The van der Waals surface area contributed by atoms with Crippen molar-refractivity contribution in [1.29, 1.82) is 0 Å². The molecular weight excluding hydrogens is 270 g/mol. The summed E-state index contributed by atoms with van der Waals surface area (Å²) in [6, 6.07) is 11.5. The van der Waals surface area contributed by atoms with Gasteiger partial charge in [0.05, 0.1) is 7.11 Å². The molecule has 0 heterocycles. The average molecular weight is 287 g/mol. The molecule has 0 saturated heterocycles. The second kappa shape index (κ2) is 6.51. The van der Waals surface area contributed by atoms with Crippen LogP contribution in [0.4, 0.5) is 16.2 Å². The molecule has 0 aliphatic rings. The van der Waals surface area contributed by atoms with E-state index in [9.17, 15) is 9.90 Å². The van der Waals surface area contributed by atoms with Gasteiger partial charge in [-0.2, -0.15) is 0 Å². The predicted molar refractivity (Wildman–Crippen MR) is 81.6 cm³/mol. The van der Waals surface area contributed by atoms with Gasteiger partial charge in [-0.15, -0.1) is 0 Å². The molecule has 6 nitrogen and oxygen atoms in total. The van der Waals surface area contributed by atoms with E-state index >= 15 is 0 Å². The van der Waals surface area contributed by atoms with Gasteiger partial charge in [0, 0.05) is 23.5 Å². The molecular formula is C15H17N3O3. The van der Waals surface area contributed by atoms with Gasteiger partial charge in [0.2, 0.25) is 0 Å². The Morgan fingerprint density at radius 1 is 1.24 bits per heavy atom. The molecule has 0 aliphatic heterocycles. The Bertz CT molecular complexity index is 644. The molecule has 21 heavy (non-hydrogen) atoms. The summed E-state index contributed by atoms with van der Waals surface area (Å²) < 4.78 is 5.12. The normalized spacial score (nSPS) is 9.95. The highest BCUT2D eigenvalue weighted by Gasteiger charge is 2.04. The third kappa shape index (κ3) is 4.04. The van der Waals surface area contributed by atoms with Gasteiger partial charge in [-0.3, -0.25) is 0 Å². The molecule has 0 saturated carbocycles. The Kier molecular flexibility index (Phi) is 4.50. The number of amides is 2. The third-order valence-electron chi connectivity index (χ3n) is 2.90. The van der Waals surface area contributed by atoms with E-state index in [4.69, 9.17) is 10.5 Å². The molecule has 0 aliphatic carbocycles. The molecule has 0 bridgehead atoms. The molecule has 6 heteroatoms. The number of ether oxygens (including phenoxy) is 1. The van der Waals surface area contributed by atoms with E-state index in [-0.39, 0.29) is 5.75 Å². The number of phenols is 1. The summed E-state index contributed by atoms with van der Waals surface area (Å²) in [6.07, 6.45) is 0. The minimum Gasteiger partial charge on any atom is -0.508 e. The Morgan fingerprint density at radius 3 is 2.71 bits per heavy atom. The van der Waals surface area contributed by atoms with Crippen LogP contribution in [0.1, 0.15) is 5.56 Å². The van der Waals surface area contributed by atoms with E-state index in [1.165, 1.54) is 0 Å². The zero-order chi connectivity index (χ0) is 15.2. The number of nitrogens with two attached hydrogens (primary N) is 1. The maximum atomic E-state index is 10.8. The van der Waals surface area contributed by atoms with E-state index in [0.717, 1.165) is 5.69 Å². The lowest BCUT2D eigenvalue weighted by Gasteiger charge is -2.11. The number of carbonyl (C=O) groups is 1. The van der Waals surface area contributed by atoms with Crippen LogP contribution in [0.5, 0.6) is 11.5 Å². The van der Waals surface area contributed by atoms with Gasteiger partial charge in [0.15, 0.2) is 0 Å². The Hall–Kier alpha value is -2.89. The molecule has 2 aromatic carbocycles. The minimum atomic E-state index is -0.613. The van der Waals surface area contributed by atoms with Crippen LogP contribution < -0.4 is 21.1 Å². The highest BCUT2D eigenvalue weighted by atomic mass is 16.5. The van der Waals surface area contributed by atoms with Crippen LogP contribution in [0.2, 0.25) is 0 Å². The van der Waals surface area contributed by atoms with Crippen LogP contribution in [0.25, 0.3) is 0 Å². The maximum absolute atomic E-state index is 10.8. The number of urea groups is 1. The average Bonchev–Trinajstić information content (AvgIpc) is 2.46. The summed E-state index contributed by atoms with van der Waals surface area (Å²) in [6.45, 7) is 0.420. The lowest BCUT2D eigenvalue weighted by molar-refractivity contribution is 0.259. The number of primary amides is 1. The standard InChI is InChI=1S/C15H17N3O3/c1-21-13-5-6-14(19)10(7-13)9-17-11-3-2-4-12(8-11)18-15(16)20/h2-8,17,19H,9H2,1H3,(H3,16,18,20). The smallest absolute Gasteiger partial charge is 0.316 e. The second-order valence-corrected chi connectivity index (χ2v) is 4.42. The van der Waals surface area contributed by atoms with E-state index < -0.39 is 6.03 Å². The van der Waals surface area contributed by atoms with Crippen LogP contribution in [0.3, 0.4) is 0 Å². The summed E-state index contributed by atoms with van der Waals surface area (Å²) in [4.78, 5) is 10.8. The zero-order valence-electron chi connectivity index (χ0n) is 11.6. The van der Waals surface area contributed by atoms with Gasteiger partial charge in [-0.1, -0.05) is 6.07 Å². The van der Waals surface area contributed by atoms with Crippen molar-refractivity contribution < 1.29 is 14.6 Å². The zero-order valence-corrected chi connectivity index (χ0v) is 11.6. The minimum absolute atomic E-state index is 0.190. The predicted octanol–water partition coefficient (Wildman–Crippen LogP) is 2.50. The van der Waals surface area contributed by atoms with Crippen LogP contribution >= 0.6 is 0 Å². The molecule has 5 N–H and O–H groups in total. The topological polar surface area (TPSA) is 96.6 Å². The van der Waals surface area contributed by atoms with Gasteiger partial charge in [0.1, 0.15) is 11.5 Å². The van der Waals surface area contributed by atoms with Crippen LogP contribution in [0, 0.1) is 0 Å². The van der Waals surface area contributed by atoms with Crippen molar-refractivity contribution in [1.82, 2.24) is 0 Å². The highest BCUT2D eigenvalue weighted by molar-refractivity contribution is 5.88. The molecule has 0 atom stereocenters. The van der Waals surface area contributed by atoms with Crippen molar-refractivity contribution in [3.8, 4) is 11.5 Å². The van der Waals surface area contributed by atoms with Crippen molar-refractivity contribution in [2.75, 3.05) is 17.7 Å². The largest absolute Gasteiger partial charge is 0.508 e. The van der Waals surface area contributed by atoms with Crippen LogP contribution in [0.15, 0.2) is 42.5 Å². The molecule has 2 rings (SSSR count). The number of phenolic OH excluding ortho intramolecular Hbond substituents is 1. The number of aromatic hydroxyl groups is 1. The quantitative estimate of drug-likeness (QED) is 0.679. The SMILES string of the molecule is COc1ccc(O)c(CNc2cccc(NC(N)=O)c2)c1. The summed E-state index contributed by atoms with van der Waals surface area (Å²) in [7, 11) is 1.57. The van der Waals surface area contributed by atoms with Gasteiger partial charge in [-0.25, -0.2) is 4.79 Å². The summed E-state index contributed by atoms with van der Waals surface area (Å²) >= 11 is 0. The molecule has 0 spiro atoms. The number of carbonyl (C=O) groups excluding carboxylic acids is 1. The van der Waals surface area contributed by atoms with Crippen molar-refractivity contribution in [2.24, 2.45) is 5.73 Å². The van der Waals surface area contributed by atoms with Gasteiger partial charge in [-0.05, 0) is 36.4 Å².